The van der Waals surface area contributed by atoms with E-state index in [1.54, 1.807) is 42.5 Å². The highest BCUT2D eigenvalue weighted by Gasteiger charge is 2.44. The van der Waals surface area contributed by atoms with Crippen LogP contribution >= 0.6 is 0 Å². The van der Waals surface area contributed by atoms with Crippen molar-refractivity contribution in [3.63, 3.8) is 0 Å². The second-order valence-electron chi connectivity index (χ2n) is 8.49. The maximum atomic E-state index is 12.3. The number of hydrogen-bond acceptors (Lipinski definition) is 7. The molecule has 2 aromatic rings. The highest BCUT2D eigenvalue weighted by atomic mass is 16.7. The molecule has 180 valence electrons. The van der Waals surface area contributed by atoms with Crippen LogP contribution in [-0.2, 0) is 14.3 Å². The summed E-state index contributed by atoms with van der Waals surface area (Å²) in [5.41, 5.74) is 1.02. The third kappa shape index (κ3) is 5.87. The minimum absolute atomic E-state index is 0.000469. The zero-order valence-corrected chi connectivity index (χ0v) is 19.3. The van der Waals surface area contributed by atoms with Crippen LogP contribution in [0.5, 0.6) is 17.2 Å². The van der Waals surface area contributed by atoms with E-state index in [1.807, 2.05) is 6.92 Å². The quantitative estimate of drug-likeness (QED) is 0.401. The molecule has 8 nitrogen and oxygen atoms in total. The van der Waals surface area contributed by atoms with Crippen LogP contribution in [0.25, 0.3) is 0 Å². The maximum Gasteiger partial charge on any atom is 0.306 e. The molecule has 1 saturated carbocycles. The Labute approximate surface area is 198 Å². The van der Waals surface area contributed by atoms with Gasteiger partial charge in [0.1, 0.15) is 5.75 Å². The molecule has 0 atom stereocenters. The molecule has 1 spiro atoms. The molecule has 8 heteroatoms. The molecule has 0 aromatic heterocycles. The fourth-order valence-electron chi connectivity index (χ4n) is 4.02. The Morgan fingerprint density at radius 2 is 1.71 bits per heavy atom. The first-order chi connectivity index (χ1) is 16.5. The number of amides is 1. The first-order valence-corrected chi connectivity index (χ1v) is 11.7. The van der Waals surface area contributed by atoms with Crippen molar-refractivity contribution in [1.29, 1.82) is 0 Å². The van der Waals surface area contributed by atoms with Crippen molar-refractivity contribution in [3.05, 3.63) is 48.0 Å². The van der Waals surface area contributed by atoms with Crippen LogP contribution in [0.3, 0.4) is 0 Å². The van der Waals surface area contributed by atoms with Crippen LogP contribution in [-0.4, -0.2) is 36.7 Å². The van der Waals surface area contributed by atoms with Crippen LogP contribution in [0.2, 0.25) is 0 Å². The number of anilines is 1. The zero-order valence-electron chi connectivity index (χ0n) is 19.3. The van der Waals surface area contributed by atoms with Gasteiger partial charge in [-0.25, -0.2) is 0 Å². The number of Topliss-reactive ketones (excluding diaryl/α,β-unsaturated/α-hetero) is 1. The number of carbonyl (C=O) groups excluding carboxylic acids is 3. The third-order valence-electron chi connectivity index (χ3n) is 5.75. The van der Waals surface area contributed by atoms with E-state index in [1.165, 1.54) is 0 Å². The lowest BCUT2D eigenvalue weighted by Crippen LogP contribution is -2.34. The molecular formula is C26H29NO7. The monoisotopic (exact) mass is 467 g/mol. The fraction of sp³-hybridized carbons (Fsp3) is 0.423. The molecule has 0 radical (unpaired) electrons. The average molecular weight is 468 g/mol. The summed E-state index contributed by atoms with van der Waals surface area (Å²) >= 11 is 0. The number of fused-ring (bicyclic) bond motifs is 1. The smallest absolute Gasteiger partial charge is 0.306 e. The zero-order chi connectivity index (χ0) is 24.0. The molecule has 1 fully saturated rings. The van der Waals surface area contributed by atoms with Gasteiger partial charge < -0.3 is 24.3 Å². The number of ether oxygens (including phenoxy) is 4. The lowest BCUT2D eigenvalue weighted by Gasteiger charge is -2.21. The Balaban J connectivity index is 1.18. The van der Waals surface area contributed by atoms with Gasteiger partial charge in [0.05, 0.1) is 13.0 Å². The maximum absolute atomic E-state index is 12.3. The van der Waals surface area contributed by atoms with E-state index in [9.17, 15) is 14.4 Å². The summed E-state index contributed by atoms with van der Waals surface area (Å²) in [6.07, 6.45) is 4.62. The normalized spacial score (nSPS) is 15.2. The number of hydrogen-bond donors (Lipinski definition) is 1. The lowest BCUT2D eigenvalue weighted by atomic mass is 10.1. The fourth-order valence-corrected chi connectivity index (χ4v) is 4.02. The van der Waals surface area contributed by atoms with Crippen molar-refractivity contribution < 1.29 is 33.3 Å². The van der Waals surface area contributed by atoms with Crippen LogP contribution in [0.4, 0.5) is 5.69 Å². The Morgan fingerprint density at radius 3 is 2.44 bits per heavy atom. The van der Waals surface area contributed by atoms with E-state index in [0.29, 0.717) is 35.1 Å². The molecule has 2 aliphatic rings. The van der Waals surface area contributed by atoms with Gasteiger partial charge in [0.2, 0.25) is 0 Å². The van der Waals surface area contributed by atoms with Crippen LogP contribution in [0.1, 0.15) is 62.2 Å². The topological polar surface area (TPSA) is 100 Å². The molecule has 0 saturated heterocycles. The highest BCUT2D eigenvalue weighted by Crippen LogP contribution is 2.47. The summed E-state index contributed by atoms with van der Waals surface area (Å²) in [5.74, 6) is 0.132. The Bertz CT molecular complexity index is 1040. The van der Waals surface area contributed by atoms with Crippen molar-refractivity contribution in [2.45, 2.75) is 57.7 Å². The van der Waals surface area contributed by atoms with Gasteiger partial charge >= 0.3 is 5.97 Å². The largest absolute Gasteiger partial charge is 0.494 e. The van der Waals surface area contributed by atoms with E-state index in [2.05, 4.69) is 5.32 Å². The minimum Gasteiger partial charge on any atom is -0.494 e. The van der Waals surface area contributed by atoms with Gasteiger partial charge in [-0.2, -0.15) is 0 Å². The molecule has 0 unspecified atom stereocenters. The number of nitrogens with one attached hydrogen (secondary N) is 1. The number of rotatable bonds is 10. The second kappa shape index (κ2) is 10.6. The molecule has 1 N–H and O–H groups in total. The minimum atomic E-state index is -0.611. The first kappa shape index (κ1) is 23.6. The molecule has 1 amide bonds. The van der Waals surface area contributed by atoms with E-state index >= 15 is 0 Å². The van der Waals surface area contributed by atoms with Crippen molar-refractivity contribution in [2.75, 3.05) is 18.5 Å². The first-order valence-electron chi connectivity index (χ1n) is 11.7. The van der Waals surface area contributed by atoms with Crippen molar-refractivity contribution in [3.8, 4) is 17.2 Å². The molecule has 0 bridgehead atoms. The second-order valence-corrected chi connectivity index (χ2v) is 8.49. The molecule has 1 aliphatic heterocycles. The SMILES string of the molecule is CCCOc1ccc(C(=O)CCC(=O)OCC(=O)Nc2ccc3c(c2)OC2(CCCC2)O3)cc1. The van der Waals surface area contributed by atoms with E-state index < -0.39 is 24.3 Å². The van der Waals surface area contributed by atoms with Crippen molar-refractivity contribution >= 4 is 23.3 Å². The number of carbonyl (C=O) groups is 3. The summed E-state index contributed by atoms with van der Waals surface area (Å²) in [7, 11) is 0. The molecule has 1 aliphatic carbocycles. The lowest BCUT2D eigenvalue weighted by molar-refractivity contribution is -0.147. The summed E-state index contributed by atoms with van der Waals surface area (Å²) in [4.78, 5) is 36.5. The predicted octanol–water partition coefficient (Wildman–Crippen LogP) is 4.66. The summed E-state index contributed by atoms with van der Waals surface area (Å²) < 4.78 is 22.5. The molecule has 2 aromatic carbocycles. The summed E-state index contributed by atoms with van der Waals surface area (Å²) in [6.45, 7) is 2.19. The average Bonchev–Trinajstić information content (AvgIpc) is 3.45. The third-order valence-corrected chi connectivity index (χ3v) is 5.75. The van der Waals surface area contributed by atoms with Gasteiger partial charge in [-0.3, -0.25) is 14.4 Å². The predicted molar refractivity (Wildman–Crippen MR) is 124 cm³/mol. The van der Waals surface area contributed by atoms with E-state index in [0.717, 1.165) is 32.1 Å². The van der Waals surface area contributed by atoms with Crippen molar-refractivity contribution in [2.24, 2.45) is 0 Å². The van der Waals surface area contributed by atoms with Gasteiger partial charge in [-0.15, -0.1) is 0 Å². The van der Waals surface area contributed by atoms with Gasteiger partial charge in [0.15, 0.2) is 23.9 Å². The van der Waals surface area contributed by atoms with E-state index in [4.69, 9.17) is 18.9 Å². The summed E-state index contributed by atoms with van der Waals surface area (Å²) in [5, 5.41) is 2.69. The standard InChI is InChI=1S/C26H29NO7/c1-2-15-31-20-8-5-18(6-9-20)21(28)10-12-25(30)32-17-24(29)27-19-7-11-22-23(16-19)34-26(33-22)13-3-4-14-26/h5-9,11,16H,2-4,10,12-15,17H2,1H3,(H,27,29). The summed E-state index contributed by atoms with van der Waals surface area (Å²) in [6, 6.07) is 12.0. The van der Waals surface area contributed by atoms with Gasteiger partial charge in [0, 0.05) is 36.6 Å². The van der Waals surface area contributed by atoms with Crippen LogP contribution in [0, 0.1) is 0 Å². The number of ketones is 1. The van der Waals surface area contributed by atoms with Crippen LogP contribution in [0.15, 0.2) is 42.5 Å². The molecule has 34 heavy (non-hydrogen) atoms. The van der Waals surface area contributed by atoms with Gasteiger partial charge in [0.25, 0.3) is 11.7 Å². The van der Waals surface area contributed by atoms with E-state index in [-0.39, 0.29) is 18.6 Å². The van der Waals surface area contributed by atoms with Gasteiger partial charge in [-0.1, -0.05) is 6.92 Å². The molecule has 4 rings (SSSR count). The Morgan fingerprint density at radius 1 is 0.971 bits per heavy atom. The van der Waals surface area contributed by atoms with Crippen LogP contribution < -0.4 is 19.5 Å². The number of benzene rings is 2. The Kier molecular flexibility index (Phi) is 7.35. The van der Waals surface area contributed by atoms with Gasteiger partial charge in [-0.05, 0) is 55.7 Å². The molecule has 1 heterocycles. The molecular weight excluding hydrogens is 438 g/mol. The highest BCUT2D eigenvalue weighted by molar-refractivity contribution is 5.98. The number of esters is 1. The Hall–Kier alpha value is -3.55. The van der Waals surface area contributed by atoms with Crippen molar-refractivity contribution in [1.82, 2.24) is 0 Å².